The number of nitrogens with one attached hydrogen (secondary N) is 1. The fourth-order valence-corrected chi connectivity index (χ4v) is 2.25. The molecule has 0 aromatic heterocycles. The average Bonchev–Trinajstić information content (AvgIpc) is 2.41. The van der Waals surface area contributed by atoms with Crippen molar-refractivity contribution in [2.75, 3.05) is 6.54 Å². The van der Waals surface area contributed by atoms with Crippen LogP contribution in [0.4, 0.5) is 0 Å². The third kappa shape index (κ3) is 6.60. The highest BCUT2D eigenvalue weighted by Crippen LogP contribution is 2.16. The molecule has 0 heterocycles. The Morgan fingerprint density at radius 3 is 2.55 bits per heavy atom. The van der Waals surface area contributed by atoms with Crippen molar-refractivity contribution >= 4 is 5.91 Å². The van der Waals surface area contributed by atoms with Crippen molar-refractivity contribution in [1.82, 2.24) is 5.32 Å². The van der Waals surface area contributed by atoms with Gasteiger partial charge in [-0.15, -0.1) is 6.58 Å². The topological polar surface area (TPSA) is 49.3 Å². The lowest BCUT2D eigenvalue weighted by atomic mass is 10.0. The summed E-state index contributed by atoms with van der Waals surface area (Å²) in [6.07, 6.45) is 12.1. The second kappa shape index (κ2) is 9.40. The van der Waals surface area contributed by atoms with Crippen molar-refractivity contribution in [3.8, 4) is 0 Å². The molecule has 20 heavy (non-hydrogen) atoms. The van der Waals surface area contributed by atoms with E-state index in [0.29, 0.717) is 12.1 Å². The largest absolute Gasteiger partial charge is 0.507 e. The molecule has 0 saturated heterocycles. The first kappa shape index (κ1) is 16.5. The molecule has 2 N–H and O–H groups in total. The van der Waals surface area contributed by atoms with Crippen molar-refractivity contribution in [2.45, 2.75) is 58.3 Å². The monoisotopic (exact) mass is 277 g/mol. The molecule has 1 aliphatic rings. The van der Waals surface area contributed by atoms with Crippen molar-refractivity contribution in [2.24, 2.45) is 0 Å². The highest BCUT2D eigenvalue weighted by atomic mass is 16.3. The standard InChI is InChI=1S/C17H27NO2/c1-14(2)10-6-4-3-5-9-13-18-17(20)15-11-7-8-12-16(15)19/h11-12,19H,1,3-10,13H2,2H3,(H,18,20). The molecule has 3 nitrogen and oxygen atoms in total. The Morgan fingerprint density at radius 1 is 1.20 bits per heavy atom. The molecule has 1 aliphatic carbocycles. The van der Waals surface area contributed by atoms with Gasteiger partial charge in [0.15, 0.2) is 0 Å². The molecule has 0 bridgehead atoms. The van der Waals surface area contributed by atoms with Crippen molar-refractivity contribution < 1.29 is 9.90 Å². The Bertz CT molecular complexity index is 394. The quantitative estimate of drug-likeness (QED) is 0.490. The summed E-state index contributed by atoms with van der Waals surface area (Å²) in [5, 5.41) is 12.5. The summed E-state index contributed by atoms with van der Waals surface area (Å²) in [5.74, 6) is -0.0331. The number of aliphatic hydroxyl groups is 1. The zero-order valence-corrected chi connectivity index (χ0v) is 12.6. The van der Waals surface area contributed by atoms with Crippen LogP contribution in [0.15, 0.2) is 35.6 Å². The molecule has 0 fully saturated rings. The van der Waals surface area contributed by atoms with Crippen LogP contribution in [-0.4, -0.2) is 17.6 Å². The van der Waals surface area contributed by atoms with Crippen LogP contribution < -0.4 is 5.32 Å². The van der Waals surface area contributed by atoms with E-state index in [1.165, 1.54) is 24.8 Å². The first-order chi connectivity index (χ1) is 9.61. The zero-order chi connectivity index (χ0) is 14.8. The third-order valence-corrected chi connectivity index (χ3v) is 3.44. The normalized spacial score (nSPS) is 14.4. The van der Waals surface area contributed by atoms with Crippen LogP contribution in [-0.2, 0) is 4.79 Å². The van der Waals surface area contributed by atoms with E-state index >= 15 is 0 Å². The lowest BCUT2D eigenvalue weighted by molar-refractivity contribution is -0.117. The van der Waals surface area contributed by atoms with Gasteiger partial charge in [-0.1, -0.05) is 30.9 Å². The number of unbranched alkanes of at least 4 members (excludes halogenated alkanes) is 4. The lowest BCUT2D eigenvalue weighted by Gasteiger charge is -2.11. The molecule has 0 spiro atoms. The molecule has 112 valence electrons. The van der Waals surface area contributed by atoms with Gasteiger partial charge in [0.25, 0.3) is 5.91 Å². The highest BCUT2D eigenvalue weighted by Gasteiger charge is 2.14. The summed E-state index contributed by atoms with van der Waals surface area (Å²) >= 11 is 0. The van der Waals surface area contributed by atoms with Gasteiger partial charge in [0.1, 0.15) is 5.76 Å². The molecule has 0 saturated carbocycles. The van der Waals surface area contributed by atoms with Crippen LogP contribution in [0.3, 0.4) is 0 Å². The second-order valence-electron chi connectivity index (χ2n) is 5.52. The fourth-order valence-electron chi connectivity index (χ4n) is 2.25. The van der Waals surface area contributed by atoms with E-state index < -0.39 is 0 Å². The van der Waals surface area contributed by atoms with Gasteiger partial charge in [0, 0.05) is 6.54 Å². The molecule has 1 rings (SSSR count). The number of amides is 1. The third-order valence-electron chi connectivity index (χ3n) is 3.44. The minimum atomic E-state index is -0.152. The van der Waals surface area contributed by atoms with E-state index in [4.69, 9.17) is 0 Å². The Kier molecular flexibility index (Phi) is 7.78. The van der Waals surface area contributed by atoms with Gasteiger partial charge in [-0.05, 0) is 45.1 Å². The molecule has 0 aliphatic heterocycles. The van der Waals surface area contributed by atoms with Crippen LogP contribution in [0.5, 0.6) is 0 Å². The highest BCUT2D eigenvalue weighted by molar-refractivity contribution is 5.97. The van der Waals surface area contributed by atoms with Gasteiger partial charge >= 0.3 is 0 Å². The van der Waals surface area contributed by atoms with Crippen LogP contribution in [0.1, 0.15) is 58.3 Å². The first-order valence-electron chi connectivity index (χ1n) is 7.63. The molecular weight excluding hydrogens is 250 g/mol. The zero-order valence-electron chi connectivity index (χ0n) is 12.6. The lowest BCUT2D eigenvalue weighted by Crippen LogP contribution is -2.27. The number of rotatable bonds is 9. The van der Waals surface area contributed by atoms with Gasteiger partial charge in [-0.3, -0.25) is 4.79 Å². The smallest absolute Gasteiger partial charge is 0.254 e. The first-order valence-corrected chi connectivity index (χ1v) is 7.63. The van der Waals surface area contributed by atoms with Crippen molar-refractivity contribution in [1.29, 1.82) is 0 Å². The van der Waals surface area contributed by atoms with Gasteiger partial charge in [-0.25, -0.2) is 0 Å². The Balaban J connectivity index is 2.04. The van der Waals surface area contributed by atoms with Gasteiger partial charge in [-0.2, -0.15) is 0 Å². The van der Waals surface area contributed by atoms with Crippen LogP contribution in [0, 0.1) is 0 Å². The van der Waals surface area contributed by atoms with E-state index in [-0.39, 0.29) is 11.7 Å². The fraction of sp³-hybridized carbons (Fsp3) is 0.588. The van der Waals surface area contributed by atoms with Crippen LogP contribution >= 0.6 is 0 Å². The molecule has 3 heteroatoms. The van der Waals surface area contributed by atoms with E-state index in [0.717, 1.165) is 32.1 Å². The number of carbonyl (C=O) groups is 1. The number of hydrogen-bond donors (Lipinski definition) is 2. The molecule has 0 aromatic carbocycles. The van der Waals surface area contributed by atoms with Gasteiger partial charge < -0.3 is 10.4 Å². The van der Waals surface area contributed by atoms with Gasteiger partial charge in [0.2, 0.25) is 0 Å². The maximum absolute atomic E-state index is 11.8. The summed E-state index contributed by atoms with van der Waals surface area (Å²) in [7, 11) is 0. The minimum absolute atomic E-state index is 0.119. The van der Waals surface area contributed by atoms with Crippen molar-refractivity contribution in [3.05, 3.63) is 35.6 Å². The molecule has 0 radical (unpaired) electrons. The predicted octanol–water partition coefficient (Wildman–Crippen LogP) is 4.18. The van der Waals surface area contributed by atoms with E-state index in [1.54, 1.807) is 6.08 Å². The Morgan fingerprint density at radius 2 is 1.85 bits per heavy atom. The predicted molar refractivity (Wildman–Crippen MR) is 83.6 cm³/mol. The molecular formula is C17H27NO2. The number of hydrogen-bond acceptors (Lipinski definition) is 2. The minimum Gasteiger partial charge on any atom is -0.507 e. The molecule has 0 aromatic rings. The van der Waals surface area contributed by atoms with Crippen LogP contribution in [0.2, 0.25) is 0 Å². The number of aliphatic hydroxyl groups excluding tert-OH is 1. The number of allylic oxidation sites excluding steroid dienone is 3. The summed E-state index contributed by atoms with van der Waals surface area (Å²) < 4.78 is 0. The Hall–Kier alpha value is -1.51. The summed E-state index contributed by atoms with van der Waals surface area (Å²) in [6.45, 7) is 6.65. The molecule has 0 atom stereocenters. The Labute approximate surface area is 122 Å². The number of carbonyl (C=O) groups excluding carboxylic acids is 1. The molecule has 0 unspecified atom stereocenters. The second-order valence-corrected chi connectivity index (χ2v) is 5.52. The summed E-state index contributed by atoms with van der Waals surface area (Å²) in [4.78, 5) is 11.8. The van der Waals surface area contributed by atoms with Gasteiger partial charge in [0.05, 0.1) is 5.57 Å². The maximum atomic E-state index is 11.8. The van der Waals surface area contributed by atoms with Crippen molar-refractivity contribution in [3.63, 3.8) is 0 Å². The SMILES string of the molecule is C=C(C)CCCCCCCNC(=O)C1=CCCC=C1O. The molecule has 1 amide bonds. The summed E-state index contributed by atoms with van der Waals surface area (Å²) in [5.41, 5.74) is 1.68. The van der Waals surface area contributed by atoms with E-state index in [1.807, 2.05) is 6.08 Å². The summed E-state index contributed by atoms with van der Waals surface area (Å²) in [6, 6.07) is 0. The van der Waals surface area contributed by atoms with Crippen LogP contribution in [0.25, 0.3) is 0 Å². The maximum Gasteiger partial charge on any atom is 0.254 e. The average molecular weight is 277 g/mol. The van der Waals surface area contributed by atoms with E-state index in [2.05, 4.69) is 18.8 Å². The van der Waals surface area contributed by atoms with E-state index in [9.17, 15) is 9.90 Å².